The monoisotopic (exact) mass is 486 g/mol. The second kappa shape index (κ2) is 13.6. The summed E-state index contributed by atoms with van der Waals surface area (Å²) < 4.78 is 19.2. The summed E-state index contributed by atoms with van der Waals surface area (Å²) in [6.07, 6.45) is 4.02. The molecule has 0 saturated carbocycles. The number of nitrogens with one attached hydrogen (secondary N) is 1. The summed E-state index contributed by atoms with van der Waals surface area (Å²) in [4.78, 5) is 14.9. The number of likely N-dealkylation sites (tertiary alicyclic amines) is 1. The van der Waals surface area contributed by atoms with Crippen LogP contribution in [0.3, 0.4) is 0 Å². The van der Waals surface area contributed by atoms with Crippen molar-refractivity contribution in [3.05, 3.63) is 65.0 Å². The molecule has 6 nitrogen and oxygen atoms in total. The molecular weight excluding hydrogens is 447 g/mol. The molecule has 1 aliphatic heterocycles. The third-order valence-electron chi connectivity index (χ3n) is 6.80. The highest BCUT2D eigenvalue weighted by Gasteiger charge is 2.27. The largest absolute Gasteiger partial charge is 0.497 e. The Morgan fingerprint density at radius 2 is 1.74 bits per heavy atom. The van der Waals surface area contributed by atoms with Crippen molar-refractivity contribution in [2.75, 3.05) is 26.7 Å². The van der Waals surface area contributed by atoms with Crippen LogP contribution in [0.1, 0.15) is 73.8 Å². The van der Waals surface area contributed by atoms with Crippen molar-refractivity contribution in [2.45, 2.75) is 70.1 Å². The first kappa shape index (κ1) is 27.1. The number of methoxy groups -OCH3 is 1. The third kappa shape index (κ3) is 8.30. The fourth-order valence-corrected chi connectivity index (χ4v) is 4.56. The zero-order valence-electron chi connectivity index (χ0n) is 20.9. The lowest BCUT2D eigenvalue weighted by molar-refractivity contribution is -0.123. The fraction of sp³-hybridized carbons (Fsp3) is 0.536. The predicted octanol–water partition coefficient (Wildman–Crippen LogP) is 4.44. The van der Waals surface area contributed by atoms with Crippen LogP contribution in [0.15, 0.2) is 42.5 Å². The molecule has 0 radical (unpaired) electrons. The Hall–Kier alpha value is -2.48. The first-order valence-corrected chi connectivity index (χ1v) is 12.6. The van der Waals surface area contributed by atoms with Gasteiger partial charge in [-0.1, -0.05) is 37.1 Å². The van der Waals surface area contributed by atoms with Crippen LogP contribution in [0.4, 0.5) is 4.39 Å². The van der Waals surface area contributed by atoms with E-state index in [0.29, 0.717) is 36.9 Å². The minimum atomic E-state index is -0.978. The molecule has 192 valence electrons. The second-order valence-corrected chi connectivity index (χ2v) is 9.52. The number of benzene rings is 2. The summed E-state index contributed by atoms with van der Waals surface area (Å²) >= 11 is 0. The van der Waals surface area contributed by atoms with E-state index in [-0.39, 0.29) is 11.7 Å². The number of hydrogen-bond donors (Lipinski definition) is 3. The third-order valence-corrected chi connectivity index (χ3v) is 6.80. The van der Waals surface area contributed by atoms with Crippen LogP contribution >= 0.6 is 0 Å². The van der Waals surface area contributed by atoms with Gasteiger partial charge in [0.1, 0.15) is 17.7 Å². The molecule has 1 amide bonds. The number of aryl methyl sites for hydroxylation is 1. The van der Waals surface area contributed by atoms with Crippen molar-refractivity contribution < 1.29 is 24.1 Å². The molecule has 0 aliphatic carbocycles. The van der Waals surface area contributed by atoms with Gasteiger partial charge in [0.15, 0.2) is 0 Å². The van der Waals surface area contributed by atoms with E-state index >= 15 is 0 Å². The van der Waals surface area contributed by atoms with Crippen molar-refractivity contribution in [1.82, 2.24) is 10.2 Å². The highest BCUT2D eigenvalue weighted by atomic mass is 19.1. The van der Waals surface area contributed by atoms with Crippen LogP contribution in [0.2, 0.25) is 0 Å². The number of ether oxygens (including phenoxy) is 1. The SMILES string of the molecule is COc1ccc(C(O)CCCCCC(=O)N[C@H](CN2CCCC2)[C@H](O)c2ccc(C)c(F)c2)cc1. The molecule has 2 aromatic carbocycles. The Balaban J connectivity index is 1.46. The summed E-state index contributed by atoms with van der Waals surface area (Å²) in [5, 5.41) is 24.3. The van der Waals surface area contributed by atoms with Gasteiger partial charge in [-0.05, 0) is 80.6 Å². The normalized spacial score (nSPS) is 16.6. The van der Waals surface area contributed by atoms with Gasteiger partial charge in [0, 0.05) is 13.0 Å². The number of unbranched alkanes of at least 4 members (excludes halogenated alkanes) is 2. The van der Waals surface area contributed by atoms with E-state index in [0.717, 1.165) is 50.1 Å². The molecule has 1 unspecified atom stereocenters. The van der Waals surface area contributed by atoms with Gasteiger partial charge in [0.25, 0.3) is 0 Å². The van der Waals surface area contributed by atoms with Crippen LogP contribution in [0.5, 0.6) is 5.75 Å². The molecule has 0 aromatic heterocycles. The van der Waals surface area contributed by atoms with Crippen molar-refractivity contribution in [2.24, 2.45) is 0 Å². The topological polar surface area (TPSA) is 82.0 Å². The van der Waals surface area contributed by atoms with Gasteiger partial charge < -0.3 is 25.2 Å². The van der Waals surface area contributed by atoms with Crippen LogP contribution in [0.25, 0.3) is 0 Å². The fourth-order valence-electron chi connectivity index (χ4n) is 4.56. The van der Waals surface area contributed by atoms with Crippen molar-refractivity contribution in [3.63, 3.8) is 0 Å². The number of aliphatic hydroxyl groups is 2. The lowest BCUT2D eigenvalue weighted by atomic mass is 9.99. The molecule has 3 rings (SSSR count). The van der Waals surface area contributed by atoms with E-state index in [2.05, 4.69) is 10.2 Å². The summed E-state index contributed by atoms with van der Waals surface area (Å²) in [5.74, 6) is 0.286. The summed E-state index contributed by atoms with van der Waals surface area (Å²) in [6.45, 7) is 4.11. The standard InChI is InChI=1S/C28H39FN2O4/c1-20-10-11-22(18-24(20)29)28(34)25(19-31-16-6-7-17-31)30-27(33)9-5-3-4-8-26(32)21-12-14-23(35-2)15-13-21/h10-15,18,25-26,28,32,34H,3-9,16-17,19H2,1-2H3,(H,30,33)/t25-,26?,28-/m1/s1. The Bertz CT molecular complexity index is 931. The number of rotatable bonds is 13. The number of carbonyl (C=O) groups is 1. The van der Waals surface area contributed by atoms with Gasteiger partial charge in [-0.2, -0.15) is 0 Å². The summed E-state index contributed by atoms with van der Waals surface area (Å²) in [7, 11) is 1.61. The van der Waals surface area contributed by atoms with E-state index < -0.39 is 18.2 Å². The first-order chi connectivity index (χ1) is 16.9. The molecule has 1 aliphatic rings. The van der Waals surface area contributed by atoms with Gasteiger partial charge >= 0.3 is 0 Å². The number of nitrogens with zero attached hydrogens (tertiary/aromatic N) is 1. The Labute approximate surface area is 208 Å². The number of halogens is 1. The number of hydrogen-bond acceptors (Lipinski definition) is 5. The van der Waals surface area contributed by atoms with Gasteiger partial charge in [0.2, 0.25) is 5.91 Å². The molecule has 3 atom stereocenters. The lowest BCUT2D eigenvalue weighted by Gasteiger charge is -2.29. The quantitative estimate of drug-likeness (QED) is 0.365. The molecule has 3 N–H and O–H groups in total. The molecule has 2 aromatic rings. The van der Waals surface area contributed by atoms with Crippen molar-refractivity contribution in [1.29, 1.82) is 0 Å². The highest BCUT2D eigenvalue weighted by molar-refractivity contribution is 5.76. The second-order valence-electron chi connectivity index (χ2n) is 9.52. The number of carbonyl (C=O) groups excluding carboxylic acids is 1. The molecule has 35 heavy (non-hydrogen) atoms. The number of amides is 1. The van der Waals surface area contributed by atoms with Crippen molar-refractivity contribution >= 4 is 5.91 Å². The Morgan fingerprint density at radius 1 is 1.06 bits per heavy atom. The van der Waals surface area contributed by atoms with Crippen LogP contribution < -0.4 is 10.1 Å². The lowest BCUT2D eigenvalue weighted by Crippen LogP contribution is -2.46. The minimum absolute atomic E-state index is 0.114. The molecule has 1 heterocycles. The zero-order chi connectivity index (χ0) is 25.2. The van der Waals surface area contributed by atoms with Gasteiger partial charge in [0.05, 0.1) is 19.3 Å². The molecule has 1 saturated heterocycles. The molecular formula is C28H39FN2O4. The van der Waals surface area contributed by atoms with Gasteiger partial charge in [-0.25, -0.2) is 4.39 Å². The van der Waals surface area contributed by atoms with Gasteiger partial charge in [-0.15, -0.1) is 0 Å². The van der Waals surface area contributed by atoms with Crippen LogP contribution in [0, 0.1) is 12.7 Å². The maximum Gasteiger partial charge on any atom is 0.220 e. The molecule has 0 bridgehead atoms. The molecule has 0 spiro atoms. The van der Waals surface area contributed by atoms with Crippen LogP contribution in [-0.2, 0) is 4.79 Å². The Morgan fingerprint density at radius 3 is 2.40 bits per heavy atom. The maximum absolute atomic E-state index is 14.1. The predicted molar refractivity (Wildman–Crippen MR) is 135 cm³/mol. The smallest absolute Gasteiger partial charge is 0.220 e. The van der Waals surface area contributed by atoms with E-state index in [1.807, 2.05) is 24.3 Å². The van der Waals surface area contributed by atoms with E-state index in [1.165, 1.54) is 6.07 Å². The summed E-state index contributed by atoms with van der Waals surface area (Å²) in [6, 6.07) is 11.6. The zero-order valence-corrected chi connectivity index (χ0v) is 20.9. The highest BCUT2D eigenvalue weighted by Crippen LogP contribution is 2.24. The van der Waals surface area contributed by atoms with Crippen LogP contribution in [-0.4, -0.2) is 53.8 Å². The number of aliphatic hydroxyl groups excluding tert-OH is 2. The van der Waals surface area contributed by atoms with E-state index in [4.69, 9.17) is 4.74 Å². The van der Waals surface area contributed by atoms with Crippen molar-refractivity contribution in [3.8, 4) is 5.75 Å². The first-order valence-electron chi connectivity index (χ1n) is 12.6. The molecule has 7 heteroatoms. The average Bonchev–Trinajstić information content (AvgIpc) is 3.37. The molecule has 1 fully saturated rings. The Kier molecular flexibility index (Phi) is 10.5. The summed E-state index contributed by atoms with van der Waals surface area (Å²) in [5.41, 5.74) is 1.86. The van der Waals surface area contributed by atoms with E-state index in [9.17, 15) is 19.4 Å². The van der Waals surface area contributed by atoms with E-state index in [1.54, 1.807) is 26.2 Å². The van der Waals surface area contributed by atoms with Gasteiger partial charge in [-0.3, -0.25) is 4.79 Å². The minimum Gasteiger partial charge on any atom is -0.497 e. The maximum atomic E-state index is 14.1. The average molecular weight is 487 g/mol.